The van der Waals surface area contributed by atoms with Crippen LogP contribution in [0.1, 0.15) is 79.1 Å². The van der Waals surface area contributed by atoms with Crippen LogP contribution in [0, 0.1) is 41.5 Å². The van der Waals surface area contributed by atoms with Crippen LogP contribution in [-0.2, 0) is 27.2 Å². The van der Waals surface area contributed by atoms with Crippen molar-refractivity contribution in [3.8, 4) is 0 Å². The van der Waals surface area contributed by atoms with Gasteiger partial charge in [0.05, 0.1) is 0 Å². The van der Waals surface area contributed by atoms with Gasteiger partial charge in [0.25, 0.3) is 0 Å². The zero-order valence-corrected chi connectivity index (χ0v) is 27.8. The molecule has 0 spiro atoms. The van der Waals surface area contributed by atoms with Gasteiger partial charge in [0.2, 0.25) is 30.0 Å². The first-order chi connectivity index (χ1) is 20.5. The number of hydrogen-bond donors (Lipinski definition) is 2. The monoisotopic (exact) mass is 612 g/mol. The van der Waals surface area contributed by atoms with Gasteiger partial charge in [-0.15, -0.1) is 0 Å². The highest BCUT2D eigenvalue weighted by Gasteiger charge is 2.45. The van der Waals surface area contributed by atoms with Crippen molar-refractivity contribution >= 4 is 35.3 Å². The second-order valence-electron chi connectivity index (χ2n) is 11.5. The minimum atomic E-state index is -4.46. The summed E-state index contributed by atoms with van der Waals surface area (Å²) in [6.45, 7) is 21.6. The summed E-state index contributed by atoms with van der Waals surface area (Å²) in [6, 6.07) is 11.8. The van der Waals surface area contributed by atoms with Crippen LogP contribution in [0.25, 0.3) is 0 Å². The van der Waals surface area contributed by atoms with E-state index in [0.29, 0.717) is 44.5 Å². The molecule has 0 aromatic heterocycles. The highest BCUT2D eigenvalue weighted by Crippen LogP contribution is 2.53. The molecule has 2 N–H and O–H groups in total. The second kappa shape index (κ2) is 13.5. The van der Waals surface area contributed by atoms with Gasteiger partial charge in [-0.3, -0.25) is 19.2 Å². The third kappa shape index (κ3) is 6.58. The van der Waals surface area contributed by atoms with Crippen LogP contribution in [0.15, 0.2) is 66.8 Å². The van der Waals surface area contributed by atoms with E-state index in [9.17, 15) is 19.2 Å². The number of carbonyl (C=O) groups is 4. The maximum atomic E-state index is 15.3. The van der Waals surface area contributed by atoms with Gasteiger partial charge in [-0.1, -0.05) is 55.6 Å². The Labute approximate surface area is 260 Å². The Balaban J connectivity index is 2.25. The van der Waals surface area contributed by atoms with E-state index in [4.69, 9.17) is 0 Å². The molecule has 3 rings (SSSR count). The van der Waals surface area contributed by atoms with Crippen LogP contribution in [0.4, 0.5) is 0 Å². The summed E-state index contributed by atoms with van der Waals surface area (Å²) >= 11 is 0. The summed E-state index contributed by atoms with van der Waals surface area (Å²) in [5, 5.41) is 5.78. The summed E-state index contributed by atoms with van der Waals surface area (Å²) in [7, 11) is -4.46. The average molecular weight is 613 g/mol. The van der Waals surface area contributed by atoms with Crippen molar-refractivity contribution in [2.24, 2.45) is 0 Å². The van der Waals surface area contributed by atoms with Gasteiger partial charge in [-0.2, -0.15) is 0 Å². The Bertz CT molecular complexity index is 1660. The first-order valence-corrected chi connectivity index (χ1v) is 16.1. The van der Waals surface area contributed by atoms with E-state index in [1.165, 1.54) is 0 Å². The smallest absolute Gasteiger partial charge is 0.248 e. The standard InChI is InChI=1S/C36H41N2O5P/c1-20(2)33(39)37-18-29-22(5)16-24(7)31(26(29)9)35(41)44(43,28-14-12-11-13-15-28)36(42)32-25(8)17-23(6)30(27(32)10)19-38-34(40)21(3)4/h11-17H,1,3,18-19H2,2,4-10H3,(H,37,39)(H,38,40). The van der Waals surface area contributed by atoms with Gasteiger partial charge in [0.15, 0.2) is 0 Å². The minimum absolute atomic E-state index is 0.142. The predicted molar refractivity (Wildman–Crippen MR) is 177 cm³/mol. The molecule has 3 aromatic rings. The molecule has 0 atom stereocenters. The maximum Gasteiger partial charge on any atom is 0.248 e. The molecule has 0 unspecified atom stereocenters. The normalized spacial score (nSPS) is 11.1. The van der Waals surface area contributed by atoms with Gasteiger partial charge in [0, 0.05) is 40.7 Å². The molecule has 0 heterocycles. The largest absolute Gasteiger partial charge is 0.348 e. The molecule has 7 nitrogen and oxygen atoms in total. The van der Waals surface area contributed by atoms with Gasteiger partial charge < -0.3 is 15.2 Å². The van der Waals surface area contributed by atoms with E-state index < -0.39 is 18.2 Å². The van der Waals surface area contributed by atoms with Crippen molar-refractivity contribution in [3.63, 3.8) is 0 Å². The van der Waals surface area contributed by atoms with Crippen molar-refractivity contribution < 1.29 is 23.7 Å². The Morgan fingerprint density at radius 2 is 1.00 bits per heavy atom. The molecule has 0 saturated heterocycles. The molecule has 0 aliphatic heterocycles. The van der Waals surface area contributed by atoms with E-state index in [-0.39, 0.29) is 41.3 Å². The Morgan fingerprint density at radius 1 is 0.636 bits per heavy atom. The topological polar surface area (TPSA) is 109 Å². The third-order valence-corrected chi connectivity index (χ3v) is 10.6. The van der Waals surface area contributed by atoms with Crippen LogP contribution in [-0.4, -0.2) is 22.9 Å². The van der Waals surface area contributed by atoms with E-state index >= 15 is 4.57 Å². The Kier molecular flexibility index (Phi) is 10.5. The average Bonchev–Trinajstić information content (AvgIpc) is 2.95. The highest BCUT2D eigenvalue weighted by atomic mass is 31.2. The molecule has 0 aliphatic rings. The number of carbonyl (C=O) groups excluding carboxylic acids is 4. The molecule has 0 radical (unpaired) electrons. The fourth-order valence-electron chi connectivity index (χ4n) is 5.57. The van der Waals surface area contributed by atoms with Gasteiger partial charge >= 0.3 is 0 Å². The second-order valence-corrected chi connectivity index (χ2v) is 14.0. The highest BCUT2D eigenvalue weighted by molar-refractivity contribution is 8.01. The van der Waals surface area contributed by atoms with Crippen molar-refractivity contribution in [3.05, 3.63) is 122 Å². The lowest BCUT2D eigenvalue weighted by atomic mass is 9.93. The van der Waals surface area contributed by atoms with Crippen molar-refractivity contribution in [2.75, 3.05) is 0 Å². The molecule has 0 aliphatic carbocycles. The molecule has 230 valence electrons. The molecule has 44 heavy (non-hydrogen) atoms. The summed E-state index contributed by atoms with van der Waals surface area (Å²) in [5.74, 6) is -0.633. The maximum absolute atomic E-state index is 15.3. The SMILES string of the molecule is C=C(C)C(=O)NCc1c(C)cc(C)c(C(=O)P(=O)(C(=O)c2c(C)cc(C)c(CNC(=O)C(=C)C)c2C)c2ccccc2)c1C. The lowest BCUT2D eigenvalue weighted by Crippen LogP contribution is -2.27. The van der Waals surface area contributed by atoms with E-state index in [2.05, 4.69) is 23.8 Å². The van der Waals surface area contributed by atoms with Gasteiger partial charge in [-0.05, 0) is 99.9 Å². The van der Waals surface area contributed by atoms with Crippen LogP contribution >= 0.6 is 7.14 Å². The zero-order chi connectivity index (χ0) is 33.1. The summed E-state index contributed by atoms with van der Waals surface area (Å²) in [4.78, 5) is 53.8. The van der Waals surface area contributed by atoms with Gasteiger partial charge in [0.1, 0.15) is 0 Å². The van der Waals surface area contributed by atoms with Crippen molar-refractivity contribution in [2.45, 2.75) is 68.5 Å². The molecular formula is C36H41N2O5P. The van der Waals surface area contributed by atoms with Crippen LogP contribution in [0.3, 0.4) is 0 Å². The van der Waals surface area contributed by atoms with E-state index in [1.54, 1.807) is 71.9 Å². The molecule has 2 amide bonds. The number of hydrogen-bond acceptors (Lipinski definition) is 5. The Hall–Kier alpha value is -4.35. The van der Waals surface area contributed by atoms with E-state index in [1.807, 2.05) is 26.0 Å². The first-order valence-electron chi connectivity index (χ1n) is 14.4. The molecule has 8 heteroatoms. The number of amides is 2. The third-order valence-electron chi connectivity index (χ3n) is 8.01. The predicted octanol–water partition coefficient (Wildman–Crippen LogP) is 6.59. The Morgan fingerprint density at radius 3 is 1.34 bits per heavy atom. The minimum Gasteiger partial charge on any atom is -0.348 e. The van der Waals surface area contributed by atoms with Crippen molar-refractivity contribution in [1.29, 1.82) is 0 Å². The summed E-state index contributed by atoms with van der Waals surface area (Å²) in [6.07, 6.45) is 0. The van der Waals surface area contributed by atoms with Crippen LogP contribution < -0.4 is 15.9 Å². The molecule has 3 aromatic carbocycles. The first kappa shape index (κ1) is 34.1. The molecule has 0 saturated carbocycles. The fraction of sp³-hybridized carbons (Fsp3) is 0.278. The summed E-state index contributed by atoms with van der Waals surface area (Å²) in [5.41, 5.74) is 5.00. The molecular weight excluding hydrogens is 571 g/mol. The van der Waals surface area contributed by atoms with Crippen LogP contribution in [0.2, 0.25) is 0 Å². The van der Waals surface area contributed by atoms with Crippen LogP contribution in [0.5, 0.6) is 0 Å². The number of rotatable bonds is 11. The number of benzene rings is 3. The number of nitrogens with one attached hydrogen (secondary N) is 2. The molecule has 0 fully saturated rings. The lowest BCUT2D eigenvalue weighted by molar-refractivity contribution is -0.118. The quantitative estimate of drug-likeness (QED) is 0.188. The number of aryl methyl sites for hydroxylation is 4. The van der Waals surface area contributed by atoms with Crippen molar-refractivity contribution in [1.82, 2.24) is 10.6 Å². The van der Waals surface area contributed by atoms with Gasteiger partial charge in [-0.25, -0.2) is 0 Å². The fourth-order valence-corrected chi connectivity index (χ4v) is 8.14. The lowest BCUT2D eigenvalue weighted by Gasteiger charge is -2.24. The zero-order valence-electron chi connectivity index (χ0n) is 26.9. The van der Waals surface area contributed by atoms with E-state index in [0.717, 1.165) is 11.1 Å². The summed E-state index contributed by atoms with van der Waals surface area (Å²) < 4.78 is 15.3. The molecule has 0 bridgehead atoms.